The molecule has 2 fully saturated rings. The van der Waals surface area contributed by atoms with Crippen molar-refractivity contribution in [3.63, 3.8) is 0 Å². The van der Waals surface area contributed by atoms with Crippen molar-refractivity contribution in [3.05, 3.63) is 127 Å². The summed E-state index contributed by atoms with van der Waals surface area (Å²) < 4.78 is 29.6. The minimum absolute atomic E-state index is 0.0168. The number of halogens is 1. The number of carbonyl (C=O) groups excluding carboxylic acids is 5. The monoisotopic (exact) mass is 968 g/mol. The highest BCUT2D eigenvalue weighted by atomic mass is 35.5. The molecule has 3 aliphatic heterocycles. The molecule has 23 heteroatoms. The van der Waals surface area contributed by atoms with Crippen LogP contribution in [0.4, 0.5) is 11.4 Å². The molecule has 2 N–H and O–H groups in total. The zero-order chi connectivity index (χ0) is 48.4. The van der Waals surface area contributed by atoms with Gasteiger partial charge in [0.25, 0.3) is 17.7 Å². The number of carbonyl (C=O) groups is 5. The molecular formula is C46H49ClN10O12. The number of imide groups is 2. The Morgan fingerprint density at radius 2 is 1.59 bits per heavy atom. The Kier molecular flexibility index (Phi) is 15.6. The number of piperazine rings is 1. The van der Waals surface area contributed by atoms with E-state index in [9.17, 15) is 34.1 Å². The highest BCUT2D eigenvalue weighted by molar-refractivity contribution is 6.30. The van der Waals surface area contributed by atoms with Crippen LogP contribution < -0.4 is 15.4 Å². The Hall–Kier alpha value is -7.11. The molecule has 8 rings (SSSR count). The minimum Gasteiger partial charge on any atom is -0.487 e. The molecular weight excluding hydrogens is 920 g/mol. The van der Waals surface area contributed by atoms with Crippen LogP contribution in [0.2, 0.25) is 5.02 Å². The number of nitrogens with one attached hydrogen (secondary N) is 2. The second-order valence-corrected chi connectivity index (χ2v) is 16.7. The van der Waals surface area contributed by atoms with Crippen LogP contribution in [0.25, 0.3) is 0 Å². The largest absolute Gasteiger partial charge is 0.487 e. The lowest BCUT2D eigenvalue weighted by molar-refractivity contribution is -0.386. The lowest BCUT2D eigenvalue weighted by atomic mass is 9.96. The molecule has 22 nitrogen and oxygen atoms in total. The van der Waals surface area contributed by atoms with Gasteiger partial charge >= 0.3 is 5.69 Å². The van der Waals surface area contributed by atoms with Crippen LogP contribution >= 0.6 is 11.6 Å². The summed E-state index contributed by atoms with van der Waals surface area (Å²) in [4.78, 5) is 79.1. The van der Waals surface area contributed by atoms with Crippen molar-refractivity contribution in [1.29, 1.82) is 0 Å². The van der Waals surface area contributed by atoms with Crippen molar-refractivity contribution >= 4 is 52.5 Å². The lowest BCUT2D eigenvalue weighted by Gasteiger charge is -2.39. The van der Waals surface area contributed by atoms with Crippen molar-refractivity contribution < 1.29 is 52.4 Å². The molecule has 0 aliphatic carbocycles. The molecule has 0 bridgehead atoms. The quantitative estimate of drug-likeness (QED) is 0.0432. The predicted octanol–water partition coefficient (Wildman–Crippen LogP) is 3.83. The van der Waals surface area contributed by atoms with Gasteiger partial charge in [0, 0.05) is 56.8 Å². The Morgan fingerprint density at radius 3 is 2.29 bits per heavy atom. The summed E-state index contributed by atoms with van der Waals surface area (Å²) in [5.74, 6) is -2.15. The number of aromatic nitrogens is 4. The number of ether oxygens (including phenoxy) is 4. The van der Waals surface area contributed by atoms with Crippen LogP contribution in [-0.2, 0) is 37.0 Å². The van der Waals surface area contributed by atoms with Crippen LogP contribution in [0.15, 0.2) is 77.4 Å². The maximum atomic E-state index is 13.3. The molecule has 0 spiro atoms. The Bertz CT molecular complexity index is 2670. The van der Waals surface area contributed by atoms with Gasteiger partial charge in [-0.05, 0) is 53.9 Å². The van der Waals surface area contributed by atoms with E-state index in [0.717, 1.165) is 16.0 Å². The highest BCUT2D eigenvalue weighted by Crippen LogP contribution is 2.34. The number of piperidine rings is 1. The molecule has 5 heterocycles. The van der Waals surface area contributed by atoms with E-state index in [1.807, 2.05) is 48.5 Å². The van der Waals surface area contributed by atoms with E-state index in [2.05, 4.69) is 31.0 Å². The van der Waals surface area contributed by atoms with Gasteiger partial charge in [0.05, 0.1) is 74.5 Å². The Labute approximate surface area is 399 Å². The number of aryl methyl sites for hydroxylation is 1. The van der Waals surface area contributed by atoms with Gasteiger partial charge in [0.15, 0.2) is 0 Å². The summed E-state index contributed by atoms with van der Waals surface area (Å²) >= 11 is 6.23. The van der Waals surface area contributed by atoms with Crippen LogP contribution in [0.1, 0.15) is 72.7 Å². The normalized spacial score (nSPS) is 16.7. The average molecular weight is 969 g/mol. The van der Waals surface area contributed by atoms with Crippen LogP contribution in [0.3, 0.4) is 0 Å². The standard InChI is InChI=1S/C46H49ClN10O12/c1-29-41(57(63)64)40(51-69-29)46(62)54-18-16-53(17-19-54)42(30-5-9-32(47)10-6-30)31-7-11-34(12-8-31)68-28-33-27-55(52-50-33)20-22-66-24-26-67-25-23-65-21-15-48-36-4-2-3-35-39(36)45(61)56(44(35)60)37-13-14-38(58)49-43(37)59/h2-12,27,37,42,48H,13-26,28H2,1H3,(H,49,58,59). The molecule has 3 aromatic carbocycles. The molecule has 5 aromatic rings. The average Bonchev–Trinajstić information content (AvgIpc) is 4.05. The summed E-state index contributed by atoms with van der Waals surface area (Å²) in [7, 11) is 0. The predicted molar refractivity (Wildman–Crippen MR) is 244 cm³/mol. The molecule has 2 saturated heterocycles. The number of amides is 5. The SMILES string of the molecule is Cc1onc(C(=O)N2CCN(C(c3ccc(Cl)cc3)c3ccc(OCc4cn(CCOCCOCCOCCNc5cccc6c5C(=O)N(C5CCC(=O)NC5=O)C6=O)nn4)cc3)CC2)c1[N+](=O)[O-]. The van der Waals surface area contributed by atoms with Crippen molar-refractivity contribution in [2.45, 2.75) is 45.0 Å². The fourth-order valence-corrected chi connectivity index (χ4v) is 8.48. The van der Waals surface area contributed by atoms with Crippen molar-refractivity contribution in [2.75, 3.05) is 77.7 Å². The first-order valence-corrected chi connectivity index (χ1v) is 22.7. The first-order valence-electron chi connectivity index (χ1n) is 22.3. The number of nitrogens with zero attached hydrogens (tertiary/aromatic N) is 8. The molecule has 2 aromatic heterocycles. The number of nitro groups is 1. The van der Waals surface area contributed by atoms with Gasteiger partial charge in [-0.15, -0.1) is 5.10 Å². The molecule has 0 saturated carbocycles. The molecule has 2 atom stereocenters. The van der Waals surface area contributed by atoms with Gasteiger partial charge in [-0.3, -0.25) is 49.2 Å². The molecule has 3 aliphatic rings. The number of anilines is 1. The van der Waals surface area contributed by atoms with E-state index in [1.165, 1.54) is 6.92 Å². The third-order valence-corrected chi connectivity index (χ3v) is 12.0. The number of hydrogen-bond donors (Lipinski definition) is 2. The summed E-state index contributed by atoms with van der Waals surface area (Å²) in [5.41, 5.74) is 2.79. The van der Waals surface area contributed by atoms with E-state index < -0.39 is 46.2 Å². The third-order valence-electron chi connectivity index (χ3n) is 11.8. The summed E-state index contributed by atoms with van der Waals surface area (Å²) in [6.45, 7) is 6.23. The second kappa shape index (κ2) is 22.3. The van der Waals surface area contributed by atoms with E-state index in [-0.39, 0.29) is 48.1 Å². The maximum absolute atomic E-state index is 13.3. The maximum Gasteiger partial charge on any atom is 0.344 e. The Balaban J connectivity index is 0.707. The lowest BCUT2D eigenvalue weighted by Crippen LogP contribution is -2.54. The summed E-state index contributed by atoms with van der Waals surface area (Å²) in [5, 5.41) is 29.6. The smallest absolute Gasteiger partial charge is 0.344 e. The van der Waals surface area contributed by atoms with Gasteiger partial charge in [0.2, 0.25) is 23.3 Å². The summed E-state index contributed by atoms with van der Waals surface area (Å²) in [6, 6.07) is 19.1. The second-order valence-electron chi connectivity index (χ2n) is 16.2. The topological polar surface area (TPSA) is 256 Å². The zero-order valence-corrected chi connectivity index (χ0v) is 38.3. The van der Waals surface area contributed by atoms with Crippen molar-refractivity contribution in [3.8, 4) is 5.75 Å². The number of rotatable bonds is 22. The van der Waals surface area contributed by atoms with E-state index in [1.54, 1.807) is 34.0 Å². The summed E-state index contributed by atoms with van der Waals surface area (Å²) in [6.07, 6.45) is 1.93. The van der Waals surface area contributed by atoms with Gasteiger partial charge in [-0.2, -0.15) is 0 Å². The number of benzene rings is 3. The van der Waals surface area contributed by atoms with E-state index in [4.69, 9.17) is 35.1 Å². The van der Waals surface area contributed by atoms with Crippen LogP contribution in [0.5, 0.6) is 5.75 Å². The van der Waals surface area contributed by atoms with Crippen molar-refractivity contribution in [2.24, 2.45) is 0 Å². The third kappa shape index (κ3) is 11.4. The molecule has 0 radical (unpaired) electrons. The van der Waals surface area contributed by atoms with Gasteiger partial charge < -0.3 is 33.7 Å². The molecule has 362 valence electrons. The molecule has 5 amide bonds. The number of hydrogen-bond acceptors (Lipinski definition) is 17. The van der Waals surface area contributed by atoms with E-state index >= 15 is 0 Å². The molecule has 69 heavy (non-hydrogen) atoms. The van der Waals surface area contributed by atoms with Gasteiger partial charge in [-0.1, -0.05) is 52.3 Å². The van der Waals surface area contributed by atoms with Gasteiger partial charge in [0.1, 0.15) is 24.1 Å². The Morgan fingerprint density at radius 1 is 0.913 bits per heavy atom. The van der Waals surface area contributed by atoms with Crippen molar-refractivity contribution in [1.82, 2.24) is 40.2 Å². The fraction of sp³-hybridized carbons (Fsp3) is 0.391. The first-order chi connectivity index (χ1) is 33.5. The van der Waals surface area contributed by atoms with Crippen LogP contribution in [-0.4, -0.2) is 148 Å². The van der Waals surface area contributed by atoms with Gasteiger partial charge in [-0.25, -0.2) is 4.68 Å². The first kappa shape index (κ1) is 48.4. The van der Waals surface area contributed by atoms with E-state index in [0.29, 0.717) is 101 Å². The van der Waals surface area contributed by atoms with Crippen LogP contribution in [0, 0.1) is 17.0 Å². The minimum atomic E-state index is -1.03. The zero-order valence-electron chi connectivity index (χ0n) is 37.5. The molecule has 2 unspecified atom stereocenters. The highest BCUT2D eigenvalue weighted by Gasteiger charge is 2.45. The fourth-order valence-electron chi connectivity index (χ4n) is 8.35. The number of fused-ring (bicyclic) bond motifs is 1.